The van der Waals surface area contributed by atoms with Gasteiger partial charge in [-0.15, -0.1) is 0 Å². The van der Waals surface area contributed by atoms with Crippen molar-refractivity contribution in [3.8, 4) is 17.1 Å². The molecule has 0 radical (unpaired) electrons. The van der Waals surface area contributed by atoms with E-state index in [1.54, 1.807) is 52.6 Å². The number of pyridine rings is 1. The number of anilines is 1. The summed E-state index contributed by atoms with van der Waals surface area (Å²) in [6.07, 6.45) is 13.4. The largest absolute Gasteiger partial charge is 0.366 e. The summed E-state index contributed by atoms with van der Waals surface area (Å²) in [6.45, 7) is 0. The molecule has 0 amide bonds. The van der Waals surface area contributed by atoms with Crippen LogP contribution in [0.3, 0.4) is 0 Å². The molecule has 0 bridgehead atoms. The van der Waals surface area contributed by atoms with Crippen molar-refractivity contribution >= 4 is 5.82 Å². The Morgan fingerprint density at radius 2 is 1.77 bits per heavy atom. The number of aromatic nitrogens is 8. The molecule has 0 unspecified atom stereocenters. The SMILES string of the molecule is O=c1ccc(-c2ccncc2)nn1C1CCC(Nc2cncc(-n3cncn3)n2)CC1. The van der Waals surface area contributed by atoms with Gasteiger partial charge < -0.3 is 5.32 Å². The zero-order valence-corrected chi connectivity index (χ0v) is 16.7. The average Bonchev–Trinajstić information content (AvgIpc) is 3.36. The van der Waals surface area contributed by atoms with Gasteiger partial charge in [0.15, 0.2) is 5.82 Å². The molecule has 10 nitrogen and oxygen atoms in total. The number of nitrogens with zero attached hydrogens (tertiary/aromatic N) is 8. The Labute approximate surface area is 178 Å². The highest BCUT2D eigenvalue weighted by Gasteiger charge is 2.24. The maximum atomic E-state index is 12.5. The van der Waals surface area contributed by atoms with E-state index in [1.165, 1.54) is 6.33 Å². The van der Waals surface area contributed by atoms with Gasteiger partial charge in [-0.3, -0.25) is 14.8 Å². The van der Waals surface area contributed by atoms with Gasteiger partial charge in [-0.2, -0.15) is 10.2 Å². The van der Waals surface area contributed by atoms with Crippen molar-refractivity contribution in [1.29, 1.82) is 0 Å². The zero-order valence-electron chi connectivity index (χ0n) is 16.7. The summed E-state index contributed by atoms with van der Waals surface area (Å²) in [5.41, 5.74) is 1.66. The fraction of sp³-hybridized carbons (Fsp3) is 0.286. The van der Waals surface area contributed by atoms with Crippen LogP contribution in [0.25, 0.3) is 17.1 Å². The van der Waals surface area contributed by atoms with Crippen molar-refractivity contribution in [3.63, 3.8) is 0 Å². The van der Waals surface area contributed by atoms with Gasteiger partial charge >= 0.3 is 0 Å². The van der Waals surface area contributed by atoms with Gasteiger partial charge in [0.2, 0.25) is 0 Å². The van der Waals surface area contributed by atoms with Crippen LogP contribution in [0.2, 0.25) is 0 Å². The predicted molar refractivity (Wildman–Crippen MR) is 114 cm³/mol. The summed E-state index contributed by atoms with van der Waals surface area (Å²) in [5.74, 6) is 1.31. The predicted octanol–water partition coefficient (Wildman–Crippen LogP) is 2.27. The van der Waals surface area contributed by atoms with Crippen molar-refractivity contribution in [2.24, 2.45) is 0 Å². The second-order valence-electron chi connectivity index (χ2n) is 7.49. The average molecular weight is 415 g/mol. The maximum Gasteiger partial charge on any atom is 0.267 e. The fourth-order valence-corrected chi connectivity index (χ4v) is 3.90. The molecule has 0 atom stereocenters. The van der Waals surface area contributed by atoms with Crippen LogP contribution in [0.5, 0.6) is 0 Å². The molecule has 4 heterocycles. The molecule has 1 aliphatic carbocycles. The Morgan fingerprint density at radius 3 is 2.55 bits per heavy atom. The normalized spacial score (nSPS) is 18.6. The minimum absolute atomic E-state index is 0.0689. The molecule has 0 aromatic carbocycles. The summed E-state index contributed by atoms with van der Waals surface area (Å²) in [5, 5.41) is 12.2. The first-order valence-electron chi connectivity index (χ1n) is 10.2. The molecule has 0 spiro atoms. The summed E-state index contributed by atoms with van der Waals surface area (Å²) >= 11 is 0. The first-order chi connectivity index (χ1) is 15.3. The van der Waals surface area contributed by atoms with E-state index >= 15 is 0 Å². The van der Waals surface area contributed by atoms with Crippen LogP contribution in [0.4, 0.5) is 5.82 Å². The van der Waals surface area contributed by atoms with Gasteiger partial charge in [-0.25, -0.2) is 19.3 Å². The van der Waals surface area contributed by atoms with Crippen LogP contribution in [-0.2, 0) is 0 Å². The molecule has 4 aromatic rings. The van der Waals surface area contributed by atoms with E-state index in [2.05, 4.69) is 35.5 Å². The maximum absolute atomic E-state index is 12.5. The lowest BCUT2D eigenvalue weighted by Crippen LogP contribution is -2.33. The summed E-state index contributed by atoms with van der Waals surface area (Å²) in [6, 6.07) is 7.50. The third-order valence-electron chi connectivity index (χ3n) is 5.47. The molecular formula is C21H21N9O. The van der Waals surface area contributed by atoms with Crippen LogP contribution in [0.1, 0.15) is 31.7 Å². The number of rotatable bonds is 5. The minimum atomic E-state index is -0.0689. The first kappa shape index (κ1) is 19.0. The molecule has 31 heavy (non-hydrogen) atoms. The number of hydrogen-bond donors (Lipinski definition) is 1. The number of nitrogens with one attached hydrogen (secondary N) is 1. The highest BCUT2D eigenvalue weighted by Crippen LogP contribution is 2.29. The minimum Gasteiger partial charge on any atom is -0.366 e. The fourth-order valence-electron chi connectivity index (χ4n) is 3.90. The van der Waals surface area contributed by atoms with E-state index in [4.69, 9.17) is 0 Å². The Hall–Kier alpha value is -3.95. The van der Waals surface area contributed by atoms with Crippen molar-refractivity contribution in [2.75, 3.05) is 5.32 Å². The lowest BCUT2D eigenvalue weighted by atomic mass is 9.91. The van der Waals surface area contributed by atoms with Gasteiger partial charge in [-0.1, -0.05) is 0 Å². The molecule has 0 saturated heterocycles. The van der Waals surface area contributed by atoms with Gasteiger partial charge in [0.25, 0.3) is 5.56 Å². The van der Waals surface area contributed by atoms with Crippen LogP contribution >= 0.6 is 0 Å². The topological polar surface area (TPSA) is 116 Å². The van der Waals surface area contributed by atoms with Crippen LogP contribution in [-0.4, -0.2) is 45.5 Å². The van der Waals surface area contributed by atoms with Crippen LogP contribution in [0.15, 0.2) is 66.5 Å². The molecule has 0 aliphatic heterocycles. The van der Waals surface area contributed by atoms with Crippen molar-refractivity contribution in [2.45, 2.75) is 37.8 Å². The lowest BCUT2D eigenvalue weighted by molar-refractivity contribution is 0.304. The summed E-state index contributed by atoms with van der Waals surface area (Å²) in [4.78, 5) is 29.3. The summed E-state index contributed by atoms with van der Waals surface area (Å²) in [7, 11) is 0. The Bertz CT molecular complexity index is 1200. The quantitative estimate of drug-likeness (QED) is 0.528. The molecule has 4 aromatic heterocycles. The van der Waals surface area contributed by atoms with E-state index in [1.807, 2.05) is 12.1 Å². The number of hydrogen-bond acceptors (Lipinski definition) is 8. The third kappa shape index (κ3) is 4.18. The molecular weight excluding hydrogens is 394 g/mol. The molecule has 5 rings (SSSR count). The van der Waals surface area contributed by atoms with E-state index in [-0.39, 0.29) is 17.6 Å². The molecule has 1 N–H and O–H groups in total. The van der Waals surface area contributed by atoms with Crippen molar-refractivity contribution < 1.29 is 0 Å². The standard InChI is InChI=1S/C21H21N9O/c31-21-6-5-18(15-7-9-22-10-8-15)28-30(21)17-3-1-16(2-4-17)26-19-11-23-12-20(27-19)29-14-24-13-25-29/h5-14,16-17H,1-4H2,(H,26,27). The highest BCUT2D eigenvalue weighted by atomic mass is 16.1. The van der Waals surface area contributed by atoms with Crippen LogP contribution in [0, 0.1) is 0 Å². The third-order valence-corrected chi connectivity index (χ3v) is 5.47. The van der Waals surface area contributed by atoms with Gasteiger partial charge in [0, 0.05) is 30.1 Å². The Morgan fingerprint density at radius 1 is 0.935 bits per heavy atom. The molecule has 1 fully saturated rings. The Kier molecular flexibility index (Phi) is 5.17. The van der Waals surface area contributed by atoms with E-state index in [0.29, 0.717) is 11.6 Å². The van der Waals surface area contributed by atoms with Gasteiger partial charge in [-0.05, 0) is 43.9 Å². The van der Waals surface area contributed by atoms with Gasteiger partial charge in [0.1, 0.15) is 18.5 Å². The van der Waals surface area contributed by atoms with E-state index in [9.17, 15) is 4.79 Å². The zero-order chi connectivity index (χ0) is 21.0. The summed E-state index contributed by atoms with van der Waals surface area (Å²) < 4.78 is 3.21. The van der Waals surface area contributed by atoms with E-state index in [0.717, 1.165) is 36.9 Å². The molecule has 1 aliphatic rings. The smallest absolute Gasteiger partial charge is 0.267 e. The molecule has 10 heteroatoms. The van der Waals surface area contributed by atoms with Crippen molar-refractivity contribution in [1.82, 2.24) is 39.5 Å². The second-order valence-corrected chi connectivity index (χ2v) is 7.49. The van der Waals surface area contributed by atoms with E-state index < -0.39 is 0 Å². The molecule has 1 saturated carbocycles. The second kappa shape index (κ2) is 8.42. The van der Waals surface area contributed by atoms with Crippen LogP contribution < -0.4 is 10.9 Å². The first-order valence-corrected chi connectivity index (χ1v) is 10.2. The van der Waals surface area contributed by atoms with Crippen molar-refractivity contribution in [3.05, 3.63) is 72.1 Å². The lowest BCUT2D eigenvalue weighted by Gasteiger charge is -2.30. The Balaban J connectivity index is 1.26. The highest BCUT2D eigenvalue weighted by molar-refractivity contribution is 5.57. The monoisotopic (exact) mass is 415 g/mol. The molecule has 156 valence electrons. The van der Waals surface area contributed by atoms with Gasteiger partial charge in [0.05, 0.1) is 24.1 Å².